The van der Waals surface area contributed by atoms with Crippen molar-refractivity contribution in [2.45, 2.75) is 147 Å². The van der Waals surface area contributed by atoms with Crippen molar-refractivity contribution in [1.82, 2.24) is 24.6 Å². The highest BCUT2D eigenvalue weighted by molar-refractivity contribution is 7.52. The molecule has 4 aromatic rings. The highest BCUT2D eigenvalue weighted by Gasteiger charge is 2.50. The van der Waals surface area contributed by atoms with E-state index in [-0.39, 0.29) is 41.7 Å². The number of carbonyl (C=O) groups excluding carboxylic acids is 1. The van der Waals surface area contributed by atoms with Gasteiger partial charge in [-0.1, -0.05) is 133 Å². The molecule has 1 aliphatic heterocycles. The predicted molar refractivity (Wildman–Crippen MR) is 226 cm³/mol. The highest BCUT2D eigenvalue weighted by atomic mass is 31.2. The zero-order chi connectivity index (χ0) is 42.1. The van der Waals surface area contributed by atoms with Crippen LogP contribution < -0.4 is 15.3 Å². The van der Waals surface area contributed by atoms with Gasteiger partial charge in [0.25, 0.3) is 0 Å². The summed E-state index contributed by atoms with van der Waals surface area (Å²) in [4.78, 5) is 25.8. The number of esters is 1. The SMILES string of the molecule is C#C[C@]1(COP(=O)(N[C@@H](Cc2ccccc2)C(=O)OC(CCCCCCCC)CCCCCCCC)Oc2ccccc2)O[C@@H](n2cnc3c(N)nc(F)nc32)C[C@@H]1O. The predicted octanol–water partition coefficient (Wildman–Crippen LogP) is 9.02. The van der Waals surface area contributed by atoms with Gasteiger partial charge in [-0.05, 0) is 49.8 Å². The molecule has 0 bridgehead atoms. The van der Waals surface area contributed by atoms with Gasteiger partial charge < -0.3 is 24.8 Å². The number of anilines is 1. The Labute approximate surface area is 347 Å². The van der Waals surface area contributed by atoms with Crippen LogP contribution >= 0.6 is 7.75 Å². The van der Waals surface area contributed by atoms with Crippen LogP contribution in [0.1, 0.15) is 122 Å². The summed E-state index contributed by atoms with van der Waals surface area (Å²) in [5, 5.41) is 14.3. The van der Waals surface area contributed by atoms with Crippen molar-refractivity contribution in [2.24, 2.45) is 0 Å². The summed E-state index contributed by atoms with van der Waals surface area (Å²) in [6.45, 7) is 3.77. The minimum atomic E-state index is -4.52. The van der Waals surface area contributed by atoms with E-state index in [1.54, 1.807) is 30.3 Å². The summed E-state index contributed by atoms with van der Waals surface area (Å²) < 4.78 is 55.2. The Morgan fingerprint density at radius 3 is 2.24 bits per heavy atom. The number of benzene rings is 2. The van der Waals surface area contributed by atoms with E-state index in [1.807, 2.05) is 30.3 Å². The molecule has 5 rings (SSSR count). The van der Waals surface area contributed by atoms with Gasteiger partial charge in [-0.25, -0.2) is 9.55 Å². The standard InChI is InChI=1S/C44H60FN6O7P/c1-4-7-9-11-13-19-25-34(26-20-14-12-10-8-5-2)56-42(53)36(29-33-23-17-15-18-24-33)50-59(54,58-35-27-21-16-22-28-35)55-31-44(6-3)37(52)30-38(57-44)51-32-47-39-40(46)48-43(45)49-41(39)51/h3,15-18,21-24,27-28,32,34,36-38,52H,4-5,7-14,19-20,25-26,29-31H2,1-2H3,(H,50,54)(H2,46,48,49)/t36-,37-,38+,44+,59?/m0/s1. The molecule has 1 unspecified atom stereocenters. The fourth-order valence-electron chi connectivity index (χ4n) is 7.27. The Balaban J connectivity index is 1.37. The molecule has 3 heterocycles. The van der Waals surface area contributed by atoms with Gasteiger partial charge in [0.1, 0.15) is 36.8 Å². The smallest absolute Gasteiger partial charge is 0.459 e. The van der Waals surface area contributed by atoms with E-state index in [1.165, 1.54) is 49.4 Å². The van der Waals surface area contributed by atoms with Crippen LogP contribution in [0.4, 0.5) is 10.2 Å². The van der Waals surface area contributed by atoms with E-state index >= 15 is 0 Å². The average Bonchev–Trinajstić information content (AvgIpc) is 3.81. The number of nitrogens with zero attached hydrogens (tertiary/aromatic N) is 4. The van der Waals surface area contributed by atoms with E-state index in [0.717, 1.165) is 56.9 Å². The Hall–Kier alpha value is -4.38. The van der Waals surface area contributed by atoms with Gasteiger partial charge >= 0.3 is 19.8 Å². The Morgan fingerprint density at radius 2 is 1.61 bits per heavy atom. The molecule has 4 N–H and O–H groups in total. The number of nitrogen functional groups attached to an aromatic ring is 1. The number of hydrogen-bond donors (Lipinski definition) is 3. The number of para-hydroxylation sites is 1. The van der Waals surface area contributed by atoms with Gasteiger partial charge in [-0.3, -0.25) is 13.9 Å². The largest absolute Gasteiger partial charge is 0.461 e. The van der Waals surface area contributed by atoms with Crippen LogP contribution in [0, 0.1) is 18.4 Å². The van der Waals surface area contributed by atoms with Crippen LogP contribution in [0.2, 0.25) is 0 Å². The number of rotatable bonds is 26. The number of unbranched alkanes of at least 4 members (excludes halogenated alkanes) is 10. The average molecular weight is 835 g/mol. The molecule has 5 atom stereocenters. The molecule has 0 radical (unpaired) electrons. The zero-order valence-electron chi connectivity index (χ0n) is 34.3. The number of imidazole rings is 1. The van der Waals surface area contributed by atoms with Crippen molar-refractivity contribution in [3.05, 3.63) is 78.6 Å². The first-order chi connectivity index (χ1) is 28.6. The molecule has 2 aromatic heterocycles. The first kappa shape index (κ1) is 45.7. The van der Waals surface area contributed by atoms with Crippen LogP contribution in [0.25, 0.3) is 11.2 Å². The molecule has 0 amide bonds. The minimum absolute atomic E-state index is 0.0363. The number of aliphatic hydroxyl groups excluding tert-OH is 1. The lowest BCUT2D eigenvalue weighted by atomic mass is 9.99. The molecular weight excluding hydrogens is 774 g/mol. The van der Waals surface area contributed by atoms with Crippen LogP contribution in [0.5, 0.6) is 5.75 Å². The van der Waals surface area contributed by atoms with Crippen molar-refractivity contribution >= 4 is 30.7 Å². The number of ether oxygens (including phenoxy) is 2. The van der Waals surface area contributed by atoms with E-state index < -0.39 is 50.4 Å². The van der Waals surface area contributed by atoms with E-state index in [4.69, 9.17) is 30.7 Å². The number of aliphatic hydroxyl groups is 1. The number of halogens is 1. The van der Waals surface area contributed by atoms with Crippen LogP contribution in [0.3, 0.4) is 0 Å². The highest BCUT2D eigenvalue weighted by Crippen LogP contribution is 2.48. The quantitative estimate of drug-likeness (QED) is 0.0180. The fourth-order valence-corrected chi connectivity index (χ4v) is 8.79. The third-order valence-electron chi connectivity index (χ3n) is 10.6. The summed E-state index contributed by atoms with van der Waals surface area (Å²) in [6.07, 6.45) is 18.5. The molecular formula is C44H60FN6O7P. The van der Waals surface area contributed by atoms with Gasteiger partial charge in [0.15, 0.2) is 22.6 Å². The Morgan fingerprint density at radius 1 is 1.00 bits per heavy atom. The summed E-state index contributed by atoms with van der Waals surface area (Å²) in [6, 6.07) is 16.6. The molecule has 1 aliphatic rings. The van der Waals surface area contributed by atoms with Crippen molar-refractivity contribution in [1.29, 1.82) is 0 Å². The number of carbonyl (C=O) groups is 1. The molecule has 15 heteroatoms. The lowest BCUT2D eigenvalue weighted by Gasteiger charge is -2.30. The number of hydrogen-bond acceptors (Lipinski definition) is 11. The maximum absolute atomic E-state index is 15.0. The lowest BCUT2D eigenvalue weighted by Crippen LogP contribution is -2.45. The fraction of sp³-hybridized carbons (Fsp3) is 0.545. The minimum Gasteiger partial charge on any atom is -0.461 e. The number of nitrogens with two attached hydrogens (primary N) is 1. The van der Waals surface area contributed by atoms with Gasteiger partial charge in [-0.2, -0.15) is 19.4 Å². The van der Waals surface area contributed by atoms with Gasteiger partial charge in [0.2, 0.25) is 0 Å². The first-order valence-electron chi connectivity index (χ1n) is 21.1. The molecule has 0 spiro atoms. The van der Waals surface area contributed by atoms with Gasteiger partial charge in [0, 0.05) is 6.42 Å². The van der Waals surface area contributed by atoms with Crippen molar-refractivity contribution in [3.63, 3.8) is 0 Å². The first-order valence-corrected chi connectivity index (χ1v) is 22.6. The van der Waals surface area contributed by atoms with Crippen molar-refractivity contribution in [2.75, 3.05) is 12.3 Å². The van der Waals surface area contributed by atoms with Gasteiger partial charge in [0.05, 0.1) is 6.33 Å². The van der Waals surface area contributed by atoms with Crippen LogP contribution in [0.15, 0.2) is 67.0 Å². The molecule has 2 aromatic carbocycles. The van der Waals surface area contributed by atoms with E-state index in [0.29, 0.717) is 0 Å². The molecule has 59 heavy (non-hydrogen) atoms. The molecule has 1 saturated heterocycles. The number of nitrogens with one attached hydrogen (secondary N) is 1. The Kier molecular flexibility index (Phi) is 17.7. The summed E-state index contributed by atoms with van der Waals surface area (Å²) in [5.41, 5.74) is 4.97. The second kappa shape index (κ2) is 22.8. The zero-order valence-corrected chi connectivity index (χ0v) is 35.2. The van der Waals surface area contributed by atoms with E-state index in [2.05, 4.69) is 39.8 Å². The lowest BCUT2D eigenvalue weighted by molar-refractivity contribution is -0.152. The maximum Gasteiger partial charge on any atom is 0.459 e. The summed E-state index contributed by atoms with van der Waals surface area (Å²) in [7, 11) is -4.52. The molecule has 0 aliphatic carbocycles. The van der Waals surface area contributed by atoms with Crippen molar-refractivity contribution in [3.8, 4) is 18.1 Å². The number of aromatic nitrogens is 4. The molecule has 320 valence electrons. The summed E-state index contributed by atoms with van der Waals surface area (Å²) in [5.74, 6) is 1.93. The van der Waals surface area contributed by atoms with Crippen molar-refractivity contribution < 1.29 is 37.4 Å². The summed E-state index contributed by atoms with van der Waals surface area (Å²) >= 11 is 0. The number of terminal acetylenes is 1. The normalized spacial score (nSPS) is 19.4. The Bertz CT molecular complexity index is 1970. The van der Waals surface area contributed by atoms with Gasteiger partial charge in [-0.15, -0.1) is 6.42 Å². The third-order valence-corrected chi connectivity index (χ3v) is 12.2. The molecule has 1 fully saturated rings. The third kappa shape index (κ3) is 13.3. The molecule has 0 saturated carbocycles. The number of fused-ring (bicyclic) bond motifs is 1. The van der Waals surface area contributed by atoms with Crippen LogP contribution in [-0.4, -0.2) is 61.1 Å². The van der Waals surface area contributed by atoms with E-state index in [9.17, 15) is 18.9 Å². The maximum atomic E-state index is 15.0. The topological polar surface area (TPSA) is 173 Å². The second-order valence-electron chi connectivity index (χ2n) is 15.3. The van der Waals surface area contributed by atoms with Crippen LogP contribution in [-0.2, 0) is 29.8 Å². The second-order valence-corrected chi connectivity index (χ2v) is 17.0. The molecule has 13 nitrogen and oxygen atoms in total. The monoisotopic (exact) mass is 834 g/mol.